The molecule has 0 spiro atoms. The van der Waals surface area contributed by atoms with Crippen molar-refractivity contribution in [2.75, 3.05) is 19.8 Å². The number of nitrogens with zero attached hydrogens (tertiary/aromatic N) is 1. The molecule has 1 rings (SSSR count). The maximum Gasteiger partial charge on any atom is 0.317 e. The molecule has 6 heteroatoms. The molecule has 122 valence electrons. The minimum atomic E-state index is -0.824. The number of carboxylic acid groups (broad SMARTS) is 1. The highest BCUT2D eigenvalue weighted by molar-refractivity contribution is 5.75. The molecule has 21 heavy (non-hydrogen) atoms. The van der Waals surface area contributed by atoms with Crippen molar-refractivity contribution in [3.8, 4) is 0 Å². The molecule has 0 aromatic rings. The minimum absolute atomic E-state index is 0.0562. The lowest BCUT2D eigenvalue weighted by Gasteiger charge is -2.32. The van der Waals surface area contributed by atoms with Crippen LogP contribution in [-0.2, 0) is 9.53 Å². The summed E-state index contributed by atoms with van der Waals surface area (Å²) in [6.07, 6.45) is 2.52. The van der Waals surface area contributed by atoms with Gasteiger partial charge in [0.2, 0.25) is 0 Å². The summed E-state index contributed by atoms with van der Waals surface area (Å²) < 4.78 is 5.34. The van der Waals surface area contributed by atoms with Gasteiger partial charge in [0, 0.05) is 38.3 Å². The highest BCUT2D eigenvalue weighted by Gasteiger charge is 2.24. The number of amides is 2. The largest absolute Gasteiger partial charge is 0.481 e. The number of hydrogen-bond donors (Lipinski definition) is 2. The van der Waals surface area contributed by atoms with Crippen molar-refractivity contribution >= 4 is 12.0 Å². The van der Waals surface area contributed by atoms with Crippen LogP contribution in [0.2, 0.25) is 0 Å². The van der Waals surface area contributed by atoms with Crippen molar-refractivity contribution < 1.29 is 19.4 Å². The van der Waals surface area contributed by atoms with Gasteiger partial charge in [-0.15, -0.1) is 0 Å². The van der Waals surface area contributed by atoms with Gasteiger partial charge in [-0.05, 0) is 46.0 Å². The van der Waals surface area contributed by atoms with E-state index in [2.05, 4.69) is 5.32 Å². The third kappa shape index (κ3) is 6.33. The first-order chi connectivity index (χ1) is 9.91. The highest BCUT2D eigenvalue weighted by Crippen LogP contribution is 2.18. The maximum absolute atomic E-state index is 12.3. The van der Waals surface area contributed by atoms with E-state index < -0.39 is 5.97 Å². The van der Waals surface area contributed by atoms with E-state index in [9.17, 15) is 9.59 Å². The molecule has 1 unspecified atom stereocenters. The first-order valence-corrected chi connectivity index (χ1v) is 7.78. The molecule has 2 N–H and O–H groups in total. The molecular weight excluding hydrogens is 272 g/mol. The Labute approximate surface area is 126 Å². The minimum Gasteiger partial charge on any atom is -0.481 e. The Bertz CT molecular complexity index is 341. The van der Waals surface area contributed by atoms with Crippen molar-refractivity contribution in [3.63, 3.8) is 0 Å². The predicted molar refractivity (Wildman–Crippen MR) is 80.2 cm³/mol. The molecule has 0 aromatic carbocycles. The zero-order chi connectivity index (χ0) is 15.8. The molecule has 1 aliphatic heterocycles. The van der Waals surface area contributed by atoms with Gasteiger partial charge in [-0.1, -0.05) is 0 Å². The molecule has 0 saturated carbocycles. The van der Waals surface area contributed by atoms with Gasteiger partial charge in [0.1, 0.15) is 0 Å². The van der Waals surface area contributed by atoms with E-state index in [1.807, 2.05) is 20.8 Å². The zero-order valence-corrected chi connectivity index (χ0v) is 13.3. The summed E-state index contributed by atoms with van der Waals surface area (Å²) in [6, 6.07) is 0.0668. The van der Waals surface area contributed by atoms with Crippen molar-refractivity contribution in [1.82, 2.24) is 10.2 Å². The maximum atomic E-state index is 12.3. The molecule has 0 bridgehead atoms. The van der Waals surface area contributed by atoms with E-state index >= 15 is 0 Å². The Kier molecular flexibility index (Phi) is 7.50. The Morgan fingerprint density at radius 1 is 1.29 bits per heavy atom. The van der Waals surface area contributed by atoms with Crippen molar-refractivity contribution in [3.05, 3.63) is 0 Å². The van der Waals surface area contributed by atoms with E-state index in [-0.39, 0.29) is 24.5 Å². The van der Waals surface area contributed by atoms with Gasteiger partial charge in [0.25, 0.3) is 0 Å². The lowest BCUT2D eigenvalue weighted by molar-refractivity contribution is -0.137. The Hall–Kier alpha value is -1.30. The fourth-order valence-electron chi connectivity index (χ4n) is 2.61. The number of carbonyl (C=O) groups is 2. The predicted octanol–water partition coefficient (Wildman–Crippen LogP) is 2.09. The van der Waals surface area contributed by atoms with Crippen LogP contribution in [0.4, 0.5) is 4.79 Å². The summed E-state index contributed by atoms with van der Waals surface area (Å²) in [4.78, 5) is 24.6. The second-order valence-electron chi connectivity index (χ2n) is 5.97. The summed E-state index contributed by atoms with van der Waals surface area (Å²) in [5.41, 5.74) is 0. The van der Waals surface area contributed by atoms with E-state index in [1.54, 1.807) is 4.90 Å². The third-order valence-corrected chi connectivity index (χ3v) is 4.00. The van der Waals surface area contributed by atoms with Gasteiger partial charge >= 0.3 is 12.0 Å². The number of carboxylic acids is 1. The van der Waals surface area contributed by atoms with Crippen LogP contribution in [0.5, 0.6) is 0 Å². The number of carbonyl (C=O) groups excluding carboxylic acids is 1. The highest BCUT2D eigenvalue weighted by atomic mass is 16.5. The van der Waals surface area contributed by atoms with Gasteiger partial charge in [-0.2, -0.15) is 0 Å². The number of hydrogen-bond acceptors (Lipinski definition) is 3. The Morgan fingerprint density at radius 2 is 1.90 bits per heavy atom. The van der Waals surface area contributed by atoms with Crippen LogP contribution in [0.15, 0.2) is 0 Å². The van der Waals surface area contributed by atoms with E-state index in [4.69, 9.17) is 9.84 Å². The molecule has 1 fully saturated rings. The zero-order valence-electron chi connectivity index (χ0n) is 13.3. The molecule has 0 aromatic heterocycles. The van der Waals surface area contributed by atoms with Crippen LogP contribution in [0.3, 0.4) is 0 Å². The molecule has 1 heterocycles. The SMILES string of the molecule is CC(NC(=O)N(CCCC(=O)O)C(C)C)C1CCOCC1. The number of aliphatic carboxylic acids is 1. The van der Waals surface area contributed by atoms with E-state index in [0.29, 0.717) is 18.9 Å². The third-order valence-electron chi connectivity index (χ3n) is 4.00. The van der Waals surface area contributed by atoms with Crippen molar-refractivity contribution in [1.29, 1.82) is 0 Å². The van der Waals surface area contributed by atoms with Gasteiger partial charge < -0.3 is 20.1 Å². The quantitative estimate of drug-likeness (QED) is 0.754. The second-order valence-corrected chi connectivity index (χ2v) is 5.97. The Balaban J connectivity index is 2.45. The van der Waals surface area contributed by atoms with E-state index in [0.717, 1.165) is 26.1 Å². The van der Waals surface area contributed by atoms with Crippen LogP contribution >= 0.6 is 0 Å². The van der Waals surface area contributed by atoms with Crippen molar-refractivity contribution in [2.24, 2.45) is 5.92 Å². The van der Waals surface area contributed by atoms with Crippen LogP contribution in [-0.4, -0.2) is 53.8 Å². The average molecular weight is 300 g/mol. The van der Waals surface area contributed by atoms with E-state index in [1.165, 1.54) is 0 Å². The fraction of sp³-hybridized carbons (Fsp3) is 0.867. The number of rotatable bonds is 7. The summed E-state index contributed by atoms with van der Waals surface area (Å²) in [5.74, 6) is -0.370. The van der Waals surface area contributed by atoms with Crippen LogP contribution in [0.1, 0.15) is 46.5 Å². The van der Waals surface area contributed by atoms with Crippen LogP contribution < -0.4 is 5.32 Å². The molecule has 0 aliphatic carbocycles. The second kappa shape index (κ2) is 8.87. The summed E-state index contributed by atoms with van der Waals surface area (Å²) in [5, 5.41) is 11.7. The summed E-state index contributed by atoms with van der Waals surface area (Å²) in [7, 11) is 0. The lowest BCUT2D eigenvalue weighted by Crippen LogP contribution is -2.49. The molecule has 6 nitrogen and oxygen atoms in total. The normalized spacial score (nSPS) is 17.5. The van der Waals surface area contributed by atoms with Gasteiger partial charge in [0.15, 0.2) is 0 Å². The fourth-order valence-corrected chi connectivity index (χ4v) is 2.61. The smallest absolute Gasteiger partial charge is 0.317 e. The number of nitrogens with one attached hydrogen (secondary N) is 1. The van der Waals surface area contributed by atoms with Gasteiger partial charge in [-0.25, -0.2) is 4.79 Å². The topological polar surface area (TPSA) is 78.9 Å². The molecule has 1 atom stereocenters. The molecule has 1 saturated heterocycles. The number of ether oxygens (including phenoxy) is 1. The first-order valence-electron chi connectivity index (χ1n) is 7.78. The first kappa shape index (κ1) is 17.8. The average Bonchev–Trinajstić information content (AvgIpc) is 2.43. The van der Waals surface area contributed by atoms with Crippen LogP contribution in [0, 0.1) is 5.92 Å². The number of urea groups is 1. The monoisotopic (exact) mass is 300 g/mol. The van der Waals surface area contributed by atoms with Gasteiger partial charge in [0.05, 0.1) is 0 Å². The van der Waals surface area contributed by atoms with Crippen LogP contribution in [0.25, 0.3) is 0 Å². The molecule has 2 amide bonds. The molecule has 0 radical (unpaired) electrons. The molecular formula is C15H28N2O4. The molecule has 1 aliphatic rings. The van der Waals surface area contributed by atoms with Gasteiger partial charge in [-0.3, -0.25) is 4.79 Å². The lowest BCUT2D eigenvalue weighted by atomic mass is 9.93. The van der Waals surface area contributed by atoms with Crippen molar-refractivity contribution in [2.45, 2.75) is 58.5 Å². The summed E-state index contributed by atoms with van der Waals surface area (Å²) >= 11 is 0. The standard InChI is InChI=1S/C15H28N2O4/c1-11(2)17(8-4-5-14(18)19)15(20)16-12(3)13-6-9-21-10-7-13/h11-13H,4-10H2,1-3H3,(H,16,20)(H,18,19). The Morgan fingerprint density at radius 3 is 2.43 bits per heavy atom. The summed E-state index contributed by atoms with van der Waals surface area (Å²) in [6.45, 7) is 7.91.